The first-order valence-electron chi connectivity index (χ1n) is 11.3. The van der Waals surface area contributed by atoms with Gasteiger partial charge in [-0.15, -0.1) is 11.3 Å². The van der Waals surface area contributed by atoms with Crippen molar-refractivity contribution in [2.75, 3.05) is 11.1 Å². The van der Waals surface area contributed by atoms with Gasteiger partial charge in [-0.1, -0.05) is 43.3 Å². The fourth-order valence-electron chi connectivity index (χ4n) is 4.39. The Bertz CT molecular complexity index is 1400. The molecule has 4 aromatic rings. The van der Waals surface area contributed by atoms with Gasteiger partial charge in [0.05, 0.1) is 16.8 Å². The van der Waals surface area contributed by atoms with Gasteiger partial charge in [-0.2, -0.15) is 0 Å². The van der Waals surface area contributed by atoms with Crippen LogP contribution in [0.25, 0.3) is 15.9 Å². The molecule has 8 heteroatoms. The SMILES string of the molecule is CC[C@H]1CCc2c(sc3nc(SCC(=O)Nc4ccc(F)cc4)n(-c4ccccc4)c(=O)c23)C1. The minimum atomic E-state index is -0.361. The Labute approximate surface area is 205 Å². The average Bonchev–Trinajstić information content (AvgIpc) is 3.22. The molecule has 5 nitrogen and oxygen atoms in total. The molecule has 0 saturated heterocycles. The first kappa shape index (κ1) is 22.8. The second kappa shape index (κ2) is 9.72. The number of fused-ring (bicyclic) bond motifs is 3. The smallest absolute Gasteiger partial charge is 0.267 e. The van der Waals surface area contributed by atoms with Crippen molar-refractivity contribution in [2.45, 2.75) is 37.8 Å². The second-order valence-corrected chi connectivity index (χ2v) is 10.4. The molecule has 5 rings (SSSR count). The summed E-state index contributed by atoms with van der Waals surface area (Å²) in [5, 5.41) is 3.97. The summed E-state index contributed by atoms with van der Waals surface area (Å²) < 4.78 is 14.8. The molecule has 0 aliphatic heterocycles. The lowest BCUT2D eigenvalue weighted by Gasteiger charge is -2.20. The van der Waals surface area contributed by atoms with Gasteiger partial charge in [0.2, 0.25) is 5.91 Å². The third kappa shape index (κ3) is 4.52. The normalized spacial score (nSPS) is 15.3. The molecule has 1 amide bonds. The summed E-state index contributed by atoms with van der Waals surface area (Å²) in [4.78, 5) is 33.2. The Balaban J connectivity index is 1.50. The van der Waals surface area contributed by atoms with Gasteiger partial charge in [-0.3, -0.25) is 14.2 Å². The maximum absolute atomic E-state index is 13.8. The molecule has 0 spiro atoms. The zero-order chi connectivity index (χ0) is 23.7. The number of para-hydroxylation sites is 1. The molecule has 1 atom stereocenters. The number of hydrogen-bond acceptors (Lipinski definition) is 5. The third-order valence-corrected chi connectivity index (χ3v) is 8.29. The van der Waals surface area contributed by atoms with E-state index in [2.05, 4.69) is 12.2 Å². The van der Waals surface area contributed by atoms with Crippen LogP contribution in [0.4, 0.5) is 10.1 Å². The molecule has 174 valence electrons. The van der Waals surface area contributed by atoms with Crippen LogP contribution in [0.3, 0.4) is 0 Å². The number of hydrogen-bond donors (Lipinski definition) is 1. The zero-order valence-electron chi connectivity index (χ0n) is 18.7. The molecule has 0 fully saturated rings. The molecule has 2 aromatic carbocycles. The molecule has 1 aliphatic rings. The predicted molar refractivity (Wildman–Crippen MR) is 137 cm³/mol. The molecule has 1 N–H and O–H groups in total. The topological polar surface area (TPSA) is 64.0 Å². The van der Waals surface area contributed by atoms with Crippen molar-refractivity contribution >= 4 is 44.9 Å². The maximum atomic E-state index is 13.8. The number of nitrogens with one attached hydrogen (secondary N) is 1. The third-order valence-electron chi connectivity index (χ3n) is 6.21. The molecular weight excluding hydrogens is 469 g/mol. The van der Waals surface area contributed by atoms with Gasteiger partial charge in [-0.25, -0.2) is 9.37 Å². The van der Waals surface area contributed by atoms with Gasteiger partial charge in [0.1, 0.15) is 10.6 Å². The highest BCUT2D eigenvalue weighted by atomic mass is 32.2. The van der Waals surface area contributed by atoms with E-state index >= 15 is 0 Å². The van der Waals surface area contributed by atoms with Crippen molar-refractivity contribution in [1.82, 2.24) is 9.55 Å². The molecule has 0 saturated carbocycles. The van der Waals surface area contributed by atoms with Crippen molar-refractivity contribution in [3.05, 3.63) is 81.2 Å². The maximum Gasteiger partial charge on any atom is 0.267 e. The minimum Gasteiger partial charge on any atom is -0.325 e. The second-order valence-electron chi connectivity index (χ2n) is 8.42. The fraction of sp³-hybridized carbons (Fsp3) is 0.269. The number of thiophene rings is 1. The summed E-state index contributed by atoms with van der Waals surface area (Å²) in [5.41, 5.74) is 2.32. The quantitative estimate of drug-likeness (QED) is 0.271. The number of anilines is 1. The van der Waals surface area contributed by atoms with Gasteiger partial charge in [0.25, 0.3) is 5.56 Å². The number of carbonyl (C=O) groups excluding carboxylic acids is 1. The monoisotopic (exact) mass is 493 g/mol. The number of amides is 1. The number of carbonyl (C=O) groups is 1. The Kier molecular flexibility index (Phi) is 6.52. The average molecular weight is 494 g/mol. The van der Waals surface area contributed by atoms with Crippen molar-refractivity contribution < 1.29 is 9.18 Å². The van der Waals surface area contributed by atoms with Crippen molar-refractivity contribution in [2.24, 2.45) is 5.92 Å². The van der Waals surface area contributed by atoms with E-state index in [9.17, 15) is 14.0 Å². The Morgan fingerprint density at radius 2 is 1.97 bits per heavy atom. The lowest BCUT2D eigenvalue weighted by atomic mass is 9.86. The first-order valence-corrected chi connectivity index (χ1v) is 13.1. The van der Waals surface area contributed by atoms with Crippen molar-refractivity contribution in [3.8, 4) is 5.69 Å². The van der Waals surface area contributed by atoms with Crippen LogP contribution in [0.15, 0.2) is 64.5 Å². The van der Waals surface area contributed by atoms with Crippen LogP contribution in [0.5, 0.6) is 0 Å². The minimum absolute atomic E-state index is 0.0746. The van der Waals surface area contributed by atoms with Crippen LogP contribution in [0.1, 0.15) is 30.2 Å². The lowest BCUT2D eigenvalue weighted by Crippen LogP contribution is -2.23. The fourth-order valence-corrected chi connectivity index (χ4v) is 6.57. The number of thioether (sulfide) groups is 1. The summed E-state index contributed by atoms with van der Waals surface area (Å²) >= 11 is 2.84. The van der Waals surface area contributed by atoms with E-state index in [1.165, 1.54) is 40.9 Å². The Hall–Kier alpha value is -2.97. The van der Waals surface area contributed by atoms with Crippen LogP contribution in [-0.2, 0) is 17.6 Å². The van der Waals surface area contributed by atoms with Gasteiger partial charge in [-0.05, 0) is 67.1 Å². The van der Waals surface area contributed by atoms with Gasteiger partial charge >= 0.3 is 0 Å². The zero-order valence-corrected chi connectivity index (χ0v) is 20.3. The number of aromatic nitrogens is 2. The highest BCUT2D eigenvalue weighted by Gasteiger charge is 2.26. The Morgan fingerprint density at radius 3 is 2.71 bits per heavy atom. The first-order chi connectivity index (χ1) is 16.5. The molecule has 1 aliphatic carbocycles. The van der Waals surface area contributed by atoms with Gasteiger partial charge in [0.15, 0.2) is 5.16 Å². The van der Waals surface area contributed by atoms with Crippen LogP contribution < -0.4 is 10.9 Å². The van der Waals surface area contributed by atoms with Crippen LogP contribution >= 0.6 is 23.1 Å². The summed E-state index contributed by atoms with van der Waals surface area (Å²) in [6.45, 7) is 2.22. The van der Waals surface area contributed by atoms with E-state index in [0.717, 1.165) is 47.2 Å². The van der Waals surface area contributed by atoms with Crippen LogP contribution in [0.2, 0.25) is 0 Å². The van der Waals surface area contributed by atoms with E-state index in [0.29, 0.717) is 16.8 Å². The van der Waals surface area contributed by atoms with E-state index in [1.807, 2.05) is 30.3 Å². The molecule has 0 unspecified atom stereocenters. The molecule has 34 heavy (non-hydrogen) atoms. The molecule has 2 aromatic heterocycles. The highest BCUT2D eigenvalue weighted by Crippen LogP contribution is 2.37. The van der Waals surface area contributed by atoms with Crippen LogP contribution in [-0.4, -0.2) is 21.2 Å². The highest BCUT2D eigenvalue weighted by molar-refractivity contribution is 7.99. The molecular formula is C26H24FN3O2S2. The van der Waals surface area contributed by atoms with Gasteiger partial charge < -0.3 is 5.32 Å². The molecule has 2 heterocycles. The number of aryl methyl sites for hydroxylation is 1. The number of nitrogens with zero attached hydrogens (tertiary/aromatic N) is 2. The predicted octanol–water partition coefficient (Wildman–Crippen LogP) is 5.83. The lowest BCUT2D eigenvalue weighted by molar-refractivity contribution is -0.113. The largest absolute Gasteiger partial charge is 0.325 e. The number of rotatable bonds is 6. The van der Waals surface area contributed by atoms with E-state index < -0.39 is 0 Å². The van der Waals surface area contributed by atoms with Crippen LogP contribution in [0, 0.1) is 11.7 Å². The summed E-state index contributed by atoms with van der Waals surface area (Å²) in [6.07, 6.45) is 4.14. The molecule has 0 bridgehead atoms. The van der Waals surface area contributed by atoms with E-state index in [4.69, 9.17) is 4.98 Å². The summed E-state index contributed by atoms with van der Waals surface area (Å²) in [6, 6.07) is 15.1. The number of halogens is 1. The van der Waals surface area contributed by atoms with Crippen molar-refractivity contribution in [1.29, 1.82) is 0 Å². The number of benzene rings is 2. The Morgan fingerprint density at radius 1 is 1.21 bits per heavy atom. The standard InChI is InChI=1S/C26H24FN3O2S2/c1-2-16-8-13-20-21(14-16)34-24-23(20)25(32)30(19-6-4-3-5-7-19)26(29-24)33-15-22(31)28-18-11-9-17(27)10-12-18/h3-7,9-12,16H,2,8,13-15H2,1H3,(H,28,31)/t16-/m0/s1. The van der Waals surface area contributed by atoms with Gasteiger partial charge in [0, 0.05) is 10.6 Å². The van der Waals surface area contributed by atoms with E-state index in [-0.39, 0.29) is 23.0 Å². The summed E-state index contributed by atoms with van der Waals surface area (Å²) in [5.74, 6) is 0.119. The summed E-state index contributed by atoms with van der Waals surface area (Å²) in [7, 11) is 0. The van der Waals surface area contributed by atoms with E-state index in [1.54, 1.807) is 15.9 Å². The molecule has 0 radical (unpaired) electrons. The van der Waals surface area contributed by atoms with Crippen molar-refractivity contribution in [3.63, 3.8) is 0 Å².